The summed E-state index contributed by atoms with van der Waals surface area (Å²) < 4.78 is 0. The van der Waals surface area contributed by atoms with Gasteiger partial charge in [-0.2, -0.15) is 0 Å². The molecule has 0 heterocycles. The van der Waals surface area contributed by atoms with Crippen molar-refractivity contribution in [1.82, 2.24) is 0 Å². The number of hydrogen-bond donors (Lipinski definition) is 0. The van der Waals surface area contributed by atoms with E-state index < -0.39 is 0 Å². The molecule has 0 amide bonds. The summed E-state index contributed by atoms with van der Waals surface area (Å²) in [5.74, 6) is 13.7. The first kappa shape index (κ1) is 64.4. The average Bonchev–Trinajstić information content (AvgIpc) is 3.20. The SMILES string of the molecule is CC(C)C1C(P)C(C(C)C)C(C(C)C)C1C(C)C.CC(C)C1C(P)C(C(C)C)C(C(C)C)C1C(C)C.[Ar].[Ar].[Ar].[Ar].[CH3-].[CH3-].[Fe+2]. The second-order valence-electron chi connectivity index (χ2n) is 15.7. The van der Waals surface area contributed by atoms with Gasteiger partial charge in [-0.3, -0.25) is 0 Å². The van der Waals surface area contributed by atoms with Crippen LogP contribution in [0.5, 0.6) is 0 Å². The monoisotopic (exact) mass is 786 g/mol. The smallest absolute Gasteiger partial charge is 0.358 e. The van der Waals surface area contributed by atoms with E-state index in [0.29, 0.717) is 0 Å². The van der Waals surface area contributed by atoms with Crippen molar-refractivity contribution < 1.29 is 168 Å². The maximum Gasteiger partial charge on any atom is 2.00 e. The fourth-order valence-corrected chi connectivity index (χ4v) is 12.5. The molecule has 2 rings (SSSR count). The minimum absolute atomic E-state index is 0. The average molecular weight is 787 g/mol. The molecular weight excluding hydrogens is 710 g/mol. The van der Waals surface area contributed by atoms with Crippen LogP contribution in [0.1, 0.15) is 111 Å². The Morgan fingerprint density at radius 3 is 0.442 bits per heavy atom. The molecule has 0 saturated heterocycles. The number of rotatable bonds is 8. The van der Waals surface area contributed by atoms with E-state index in [-0.39, 0.29) is 183 Å². The van der Waals surface area contributed by atoms with E-state index in [1.165, 1.54) is 0 Å². The molecule has 0 aliphatic heterocycles. The Balaban J connectivity index is -0.000000104. The first-order valence-corrected chi connectivity index (χ1v) is 17.2. The van der Waals surface area contributed by atoms with Crippen LogP contribution in [0.25, 0.3) is 0 Å². The Morgan fingerprint density at radius 1 is 0.279 bits per heavy atom. The van der Waals surface area contributed by atoms with Crippen molar-refractivity contribution in [3.05, 3.63) is 14.9 Å². The number of hydrogen-bond acceptors (Lipinski definition) is 0. The Labute approximate surface area is 410 Å². The van der Waals surface area contributed by atoms with E-state index in [2.05, 4.69) is 129 Å². The van der Waals surface area contributed by atoms with E-state index in [1.54, 1.807) is 0 Å². The van der Waals surface area contributed by atoms with Crippen molar-refractivity contribution in [2.45, 2.75) is 122 Å². The third kappa shape index (κ3) is 17.0. The van der Waals surface area contributed by atoms with Crippen molar-refractivity contribution in [2.75, 3.05) is 0 Å². The third-order valence-corrected chi connectivity index (χ3v) is 12.4. The predicted molar refractivity (Wildman–Crippen MR) is 186 cm³/mol. The fraction of sp³-hybridized carbons (Fsp3) is 0.944. The minimum Gasteiger partial charge on any atom is -0.358 e. The van der Waals surface area contributed by atoms with Crippen LogP contribution in [0.2, 0.25) is 0 Å². The Morgan fingerprint density at radius 2 is 0.372 bits per heavy atom. The van der Waals surface area contributed by atoms with Gasteiger partial charge in [0, 0.05) is 151 Å². The first-order chi connectivity index (χ1) is 16.4. The van der Waals surface area contributed by atoms with E-state index in [9.17, 15) is 0 Å². The van der Waals surface area contributed by atoms with Crippen LogP contribution in [-0.4, -0.2) is 11.3 Å². The second kappa shape index (κ2) is 29.8. The van der Waals surface area contributed by atoms with E-state index in [1.807, 2.05) is 0 Å². The quantitative estimate of drug-likeness (QED) is 0.131. The Bertz CT molecular complexity index is 537. The van der Waals surface area contributed by atoms with E-state index in [0.717, 1.165) is 106 Å². The van der Waals surface area contributed by atoms with Crippen molar-refractivity contribution in [2.24, 2.45) is 94.7 Å². The van der Waals surface area contributed by atoms with Gasteiger partial charge in [0.05, 0.1) is 0 Å². The molecular formula is C36H76Ar4FeP2. The van der Waals surface area contributed by atoms with Crippen molar-refractivity contribution in [3.8, 4) is 0 Å². The van der Waals surface area contributed by atoms with Gasteiger partial charge >= 0.3 is 17.1 Å². The van der Waals surface area contributed by atoms with Crippen molar-refractivity contribution in [3.63, 3.8) is 0 Å². The molecule has 0 aromatic rings. The summed E-state index contributed by atoms with van der Waals surface area (Å²) >= 11 is 0. The Hall–Kier alpha value is 6.42. The van der Waals surface area contributed by atoms with Gasteiger partial charge in [0.2, 0.25) is 0 Å². The van der Waals surface area contributed by atoms with Crippen LogP contribution in [0.15, 0.2) is 0 Å². The van der Waals surface area contributed by atoms with Crippen LogP contribution in [-0.2, 0) is 17.1 Å². The van der Waals surface area contributed by atoms with Crippen LogP contribution < -0.4 is 0 Å². The standard InChI is InChI=1S/2C17H35P.2CH3.4Ar.Fe/c2*1-9(2)13-14(10(3)4)16(12(7)8)17(18)15(13)11(5)6;;;;;;;/h2*9-17H,18H2,1-8H3;2*1H3;;;;;/q;;2*-1;;;;;+2. The van der Waals surface area contributed by atoms with Gasteiger partial charge in [0.15, 0.2) is 0 Å². The molecule has 0 radical (unpaired) electrons. The van der Waals surface area contributed by atoms with Crippen molar-refractivity contribution >= 4 is 18.5 Å². The maximum atomic E-state index is 3.23. The van der Waals surface area contributed by atoms with Crippen LogP contribution in [0, 0.1) is 260 Å². The summed E-state index contributed by atoms with van der Waals surface area (Å²) in [6.07, 6.45) is 0. The fourth-order valence-electron chi connectivity index (χ4n) is 9.68. The van der Waals surface area contributed by atoms with Gasteiger partial charge in [-0.1, -0.05) is 111 Å². The van der Waals surface area contributed by atoms with Gasteiger partial charge in [0.1, 0.15) is 0 Å². The molecule has 2 aliphatic carbocycles. The molecule has 2 aliphatic rings. The molecule has 0 nitrogen and oxygen atoms in total. The second-order valence-corrected chi connectivity index (χ2v) is 17.3. The zero-order valence-electron chi connectivity index (χ0n) is 31.3. The van der Waals surface area contributed by atoms with Gasteiger partial charge in [-0.05, 0) is 106 Å². The summed E-state index contributed by atoms with van der Waals surface area (Å²) in [7, 11) is 6.45. The molecule has 0 aromatic carbocycles. The molecule has 270 valence electrons. The summed E-state index contributed by atoms with van der Waals surface area (Å²) in [5.41, 5.74) is 1.62. The van der Waals surface area contributed by atoms with Gasteiger partial charge in [-0.15, -0.1) is 18.5 Å². The summed E-state index contributed by atoms with van der Waals surface area (Å²) in [5, 5.41) is 0. The molecule has 0 N–H and O–H groups in total. The zero-order chi connectivity index (χ0) is 28.4. The molecule has 10 atom stereocenters. The minimum atomic E-state index is 0. The maximum absolute atomic E-state index is 3.23. The van der Waals surface area contributed by atoms with Crippen LogP contribution in [0.4, 0.5) is 0 Å². The molecule has 2 fully saturated rings. The van der Waals surface area contributed by atoms with E-state index >= 15 is 0 Å². The normalized spacial score (nSPS) is 31.4. The summed E-state index contributed by atoms with van der Waals surface area (Å²) in [4.78, 5) is 0. The van der Waals surface area contributed by atoms with Crippen LogP contribution in [0.3, 0.4) is 0 Å². The molecule has 2 saturated carbocycles. The molecule has 7 heteroatoms. The van der Waals surface area contributed by atoms with Gasteiger partial charge in [0.25, 0.3) is 0 Å². The molecule has 0 bridgehead atoms. The Kier molecular flexibility index (Phi) is 44.7. The van der Waals surface area contributed by atoms with Crippen LogP contribution >= 0.6 is 18.5 Å². The summed E-state index contributed by atoms with van der Waals surface area (Å²) in [6, 6.07) is 0. The van der Waals surface area contributed by atoms with Crippen molar-refractivity contribution in [1.29, 1.82) is 0 Å². The zero-order valence-corrected chi connectivity index (χ0v) is 37.6. The van der Waals surface area contributed by atoms with E-state index in [4.69, 9.17) is 0 Å². The van der Waals surface area contributed by atoms with Gasteiger partial charge in [-0.25, -0.2) is 0 Å². The molecule has 43 heavy (non-hydrogen) atoms. The third-order valence-electron chi connectivity index (χ3n) is 10.6. The van der Waals surface area contributed by atoms with Gasteiger partial charge < -0.3 is 14.9 Å². The largest absolute Gasteiger partial charge is 2.00 e. The first-order valence-electron chi connectivity index (χ1n) is 15.9. The topological polar surface area (TPSA) is 0 Å². The molecule has 0 spiro atoms. The summed E-state index contributed by atoms with van der Waals surface area (Å²) in [6.45, 7) is 38.9. The predicted octanol–water partition coefficient (Wildman–Crippen LogP) is 11.6. The molecule has 0 aromatic heterocycles. The molecule has 10 unspecified atom stereocenters.